The molecule has 6 rings (SSSR count). The van der Waals surface area contributed by atoms with E-state index < -0.39 is 5.97 Å². The summed E-state index contributed by atoms with van der Waals surface area (Å²) in [5.74, 6) is 0.517. The minimum atomic E-state index is -0.972. The summed E-state index contributed by atoms with van der Waals surface area (Å²) in [4.78, 5) is 18.4. The third-order valence-electron chi connectivity index (χ3n) is 6.92. The fourth-order valence-corrected chi connectivity index (χ4v) is 5.36. The zero-order valence-corrected chi connectivity index (χ0v) is 22.5. The van der Waals surface area contributed by atoms with Crippen LogP contribution in [0.2, 0.25) is 0 Å². The van der Waals surface area contributed by atoms with Crippen LogP contribution in [0, 0.1) is 6.92 Å². The van der Waals surface area contributed by atoms with Crippen LogP contribution in [0.15, 0.2) is 116 Å². The Morgan fingerprint density at radius 3 is 2.35 bits per heavy atom. The number of aryl methyl sites for hydroxylation is 1. The Kier molecular flexibility index (Phi) is 6.76. The average Bonchev–Trinajstić information content (AvgIpc) is 3.60. The molecule has 0 amide bonds. The fraction of sp³-hybridized carbons (Fsp3) is 0.0938. The van der Waals surface area contributed by atoms with Crippen molar-refractivity contribution in [3.63, 3.8) is 0 Å². The molecule has 2 atom stereocenters. The lowest BCUT2D eigenvalue weighted by Crippen LogP contribution is -2.30. The minimum absolute atomic E-state index is 0.222. The molecular weight excluding hydrogens is 520 g/mol. The molecule has 0 unspecified atom stereocenters. The summed E-state index contributed by atoms with van der Waals surface area (Å²) in [6, 6.07) is 32.0. The molecule has 5 aromatic rings. The molecule has 1 saturated heterocycles. The maximum atomic E-state index is 11.7. The highest BCUT2D eigenvalue weighted by atomic mass is 32.1. The largest absolute Gasteiger partial charge is 0.478 e. The maximum absolute atomic E-state index is 11.7. The molecule has 1 aliphatic rings. The van der Waals surface area contributed by atoms with Gasteiger partial charge < -0.3 is 24.6 Å². The second-order valence-corrected chi connectivity index (χ2v) is 9.95. The van der Waals surface area contributed by atoms with E-state index in [2.05, 4.69) is 15.2 Å². The molecule has 3 aromatic carbocycles. The molecule has 0 radical (unpaired) electrons. The normalized spacial score (nSPS) is 16.5. The molecule has 0 saturated carbocycles. The second-order valence-electron chi connectivity index (χ2n) is 9.56. The van der Waals surface area contributed by atoms with Crippen molar-refractivity contribution in [3.05, 3.63) is 138 Å². The van der Waals surface area contributed by atoms with Gasteiger partial charge in [0.25, 0.3) is 0 Å². The predicted octanol–water partition coefficient (Wildman–Crippen LogP) is 6.85. The molecule has 7 nitrogen and oxygen atoms in total. The summed E-state index contributed by atoms with van der Waals surface area (Å²) in [6.45, 7) is 2.04. The van der Waals surface area contributed by atoms with E-state index in [-0.39, 0.29) is 17.6 Å². The quantitative estimate of drug-likeness (QED) is 0.216. The summed E-state index contributed by atoms with van der Waals surface area (Å²) in [5.41, 5.74) is 4.82. The van der Waals surface area contributed by atoms with Gasteiger partial charge in [-0.05, 0) is 98.0 Å². The highest BCUT2D eigenvalue weighted by Crippen LogP contribution is 2.42. The highest BCUT2D eigenvalue weighted by molar-refractivity contribution is 7.80. The molecule has 2 N–H and O–H groups in total. The van der Waals surface area contributed by atoms with Crippen molar-refractivity contribution in [2.75, 3.05) is 4.90 Å². The van der Waals surface area contributed by atoms with E-state index in [0.29, 0.717) is 5.11 Å². The number of hydrogen-bond acceptors (Lipinski definition) is 4. The molecule has 2 aromatic heterocycles. The first-order valence-electron chi connectivity index (χ1n) is 12.8. The summed E-state index contributed by atoms with van der Waals surface area (Å²) in [7, 11) is 0. The zero-order chi connectivity index (χ0) is 27.6. The van der Waals surface area contributed by atoms with Gasteiger partial charge in [0.15, 0.2) is 5.11 Å². The maximum Gasteiger partial charge on any atom is 0.335 e. The van der Waals surface area contributed by atoms with Crippen LogP contribution in [0.25, 0.3) is 5.69 Å². The Morgan fingerprint density at radius 1 is 0.900 bits per heavy atom. The van der Waals surface area contributed by atoms with Gasteiger partial charge in [0.1, 0.15) is 17.5 Å². The van der Waals surface area contributed by atoms with Gasteiger partial charge in [0.05, 0.1) is 17.3 Å². The van der Waals surface area contributed by atoms with Crippen LogP contribution in [0.1, 0.15) is 39.4 Å². The van der Waals surface area contributed by atoms with Crippen LogP contribution >= 0.6 is 12.2 Å². The lowest BCUT2D eigenvalue weighted by molar-refractivity contribution is 0.0697. The number of nitrogens with one attached hydrogen (secondary N) is 1. The first-order chi connectivity index (χ1) is 19.5. The van der Waals surface area contributed by atoms with Crippen molar-refractivity contribution in [1.82, 2.24) is 14.9 Å². The van der Waals surface area contributed by atoms with Gasteiger partial charge in [0.2, 0.25) is 0 Å². The summed E-state index contributed by atoms with van der Waals surface area (Å²) < 4.78 is 8.05. The molecule has 1 aliphatic heterocycles. The van der Waals surface area contributed by atoms with Crippen molar-refractivity contribution in [2.45, 2.75) is 19.0 Å². The van der Waals surface area contributed by atoms with Crippen LogP contribution in [0.4, 0.5) is 5.69 Å². The number of anilines is 1. The Bertz CT molecular complexity index is 1670. The number of hydrogen-bond donors (Lipinski definition) is 2. The molecule has 0 spiro atoms. The molecule has 0 bridgehead atoms. The third-order valence-corrected chi connectivity index (χ3v) is 7.24. The first kappa shape index (κ1) is 25.3. The average molecular weight is 547 g/mol. The number of nitrogens with zero attached hydrogens (tertiary/aromatic N) is 3. The van der Waals surface area contributed by atoms with E-state index in [1.807, 2.05) is 103 Å². The fourth-order valence-electron chi connectivity index (χ4n) is 5.01. The van der Waals surface area contributed by atoms with Gasteiger partial charge in [-0.2, -0.15) is 0 Å². The Labute approximate surface area is 237 Å². The topological polar surface area (TPSA) is 79.6 Å². The smallest absolute Gasteiger partial charge is 0.335 e. The number of pyridine rings is 1. The van der Waals surface area contributed by atoms with E-state index in [0.717, 1.165) is 34.3 Å². The molecule has 198 valence electrons. The number of rotatable bonds is 7. The Morgan fingerprint density at radius 2 is 1.65 bits per heavy atom. The summed E-state index contributed by atoms with van der Waals surface area (Å²) in [5, 5.41) is 13.6. The van der Waals surface area contributed by atoms with Crippen LogP contribution in [-0.2, 0) is 0 Å². The van der Waals surface area contributed by atoms with Gasteiger partial charge >= 0.3 is 5.97 Å². The van der Waals surface area contributed by atoms with E-state index in [4.69, 9.17) is 17.0 Å². The number of carboxylic acids is 1. The van der Waals surface area contributed by atoms with Gasteiger partial charge in [-0.1, -0.05) is 29.8 Å². The second kappa shape index (κ2) is 10.7. The summed E-state index contributed by atoms with van der Waals surface area (Å²) >= 11 is 5.88. The van der Waals surface area contributed by atoms with Crippen molar-refractivity contribution >= 4 is 29.0 Å². The molecular formula is C32H26N4O3S. The number of benzene rings is 3. The lowest BCUT2D eigenvalue weighted by atomic mass is 10.0. The number of carbonyl (C=O) groups is 1. The van der Waals surface area contributed by atoms with Crippen molar-refractivity contribution in [1.29, 1.82) is 0 Å². The third kappa shape index (κ3) is 4.92. The predicted molar refractivity (Wildman–Crippen MR) is 158 cm³/mol. The summed E-state index contributed by atoms with van der Waals surface area (Å²) in [6.07, 6.45) is 3.70. The number of aromatic nitrogens is 2. The van der Waals surface area contributed by atoms with Gasteiger partial charge in [-0.25, -0.2) is 4.79 Å². The van der Waals surface area contributed by atoms with Crippen LogP contribution in [-0.4, -0.2) is 25.7 Å². The molecule has 0 aliphatic carbocycles. The van der Waals surface area contributed by atoms with Gasteiger partial charge in [-0.3, -0.25) is 4.98 Å². The molecule has 40 heavy (non-hydrogen) atoms. The first-order valence-corrected chi connectivity index (χ1v) is 13.2. The standard InChI is InChI=1S/C32H26N4O3S/c1-21-10-14-25(15-11-21)39-26-16-12-23(13-17-26)36-30(29(34-32(36)40)27-8-2-3-18-33-27)28-9-5-19-35(28)24-7-4-6-22(20-24)31(37)38/h2-20,29-30H,1H3,(H,34,40)(H,37,38)/t29-,30-/m0/s1. The van der Waals surface area contributed by atoms with E-state index in [1.165, 1.54) is 5.56 Å². The SMILES string of the molecule is Cc1ccc(Oc2ccc(N3C(=S)N[C@@H](c4ccccn4)[C@@H]3c3cccn3-c3cccc(C(=O)O)c3)cc2)cc1. The van der Waals surface area contributed by atoms with Crippen LogP contribution < -0.4 is 15.0 Å². The van der Waals surface area contributed by atoms with Crippen LogP contribution in [0.3, 0.4) is 0 Å². The molecule has 8 heteroatoms. The van der Waals surface area contributed by atoms with Gasteiger partial charge in [0, 0.05) is 29.5 Å². The van der Waals surface area contributed by atoms with E-state index in [1.54, 1.807) is 24.4 Å². The lowest BCUT2D eigenvalue weighted by Gasteiger charge is -2.29. The monoisotopic (exact) mass is 546 g/mol. The van der Waals surface area contributed by atoms with Crippen LogP contribution in [0.5, 0.6) is 11.5 Å². The van der Waals surface area contributed by atoms with Crippen molar-refractivity contribution in [2.24, 2.45) is 0 Å². The number of ether oxygens (including phenoxy) is 1. The zero-order valence-electron chi connectivity index (χ0n) is 21.6. The highest BCUT2D eigenvalue weighted by Gasteiger charge is 2.42. The van der Waals surface area contributed by atoms with E-state index >= 15 is 0 Å². The van der Waals surface area contributed by atoms with E-state index in [9.17, 15) is 9.90 Å². The number of thiocarbonyl (C=S) groups is 1. The Balaban J connectivity index is 1.40. The minimum Gasteiger partial charge on any atom is -0.478 e. The molecule has 1 fully saturated rings. The van der Waals surface area contributed by atoms with Crippen molar-refractivity contribution < 1.29 is 14.6 Å². The Hall–Kier alpha value is -4.95. The molecule has 3 heterocycles. The number of carboxylic acid groups (broad SMARTS) is 1. The van der Waals surface area contributed by atoms with Crippen molar-refractivity contribution in [3.8, 4) is 17.2 Å². The van der Waals surface area contributed by atoms with Gasteiger partial charge in [-0.15, -0.1) is 0 Å². The number of aromatic carboxylic acids is 1.